The molecule has 12 bridgehead atoms. The van der Waals surface area contributed by atoms with Gasteiger partial charge in [-0.05, 0) is 146 Å². The van der Waals surface area contributed by atoms with E-state index in [4.69, 9.17) is 46.9 Å². The van der Waals surface area contributed by atoms with Crippen LogP contribution < -0.4 is 50.8 Å². The fourth-order valence-electron chi connectivity index (χ4n) is 10.9. The zero-order chi connectivity index (χ0) is 75.0. The van der Waals surface area contributed by atoms with Gasteiger partial charge in [-0.1, -0.05) is 93.4 Å². The predicted molar refractivity (Wildman–Crippen MR) is 378 cm³/mol. The largest absolute Gasteiger partial charge is 0.492 e. The fourth-order valence-corrected chi connectivity index (χ4v) is 11.4. The van der Waals surface area contributed by atoms with Gasteiger partial charge in [-0.3, -0.25) is 24.0 Å². The lowest BCUT2D eigenvalue weighted by Gasteiger charge is -2.33. The average Bonchev–Trinajstić information content (AvgIpc) is 1.63. The molecule has 5 aromatic carbocycles. The molecule has 2 aromatic heterocycles. The summed E-state index contributed by atoms with van der Waals surface area (Å²) < 4.78 is 104. The van der Waals surface area contributed by atoms with Crippen LogP contribution in [-0.4, -0.2) is 153 Å². The molecule has 10 heterocycles. The third-order valence-corrected chi connectivity index (χ3v) is 16.6. The molecule has 7 aromatic rings. The highest BCUT2D eigenvalue weighted by molar-refractivity contribution is 6.32. The molecule has 24 nitrogen and oxygen atoms in total. The van der Waals surface area contributed by atoms with Gasteiger partial charge in [-0.2, -0.15) is 56.2 Å². The van der Waals surface area contributed by atoms with E-state index in [2.05, 4.69) is 73.9 Å². The molecule has 556 valence electrons. The first kappa shape index (κ1) is 78.2. The third-order valence-electron chi connectivity index (χ3n) is 16.0. The van der Waals surface area contributed by atoms with E-state index in [9.17, 15) is 50.3 Å². The molecule has 0 saturated heterocycles. The molecule has 16 rings (SSSR count). The van der Waals surface area contributed by atoms with Crippen LogP contribution in [-0.2, 0) is 32.2 Å². The van der Waals surface area contributed by atoms with E-state index < -0.39 is 60.0 Å². The second-order valence-electron chi connectivity index (χ2n) is 27.6. The fraction of sp³-hybridized carbons (Fsp3) is 0.431. The van der Waals surface area contributed by atoms with E-state index in [1.165, 1.54) is 0 Å². The Kier molecular flexibility index (Phi) is 26.0. The van der Waals surface area contributed by atoms with E-state index in [1.807, 2.05) is 50.8 Å². The van der Waals surface area contributed by atoms with Crippen LogP contribution in [0.15, 0.2) is 115 Å². The van der Waals surface area contributed by atoms with Crippen molar-refractivity contribution in [2.24, 2.45) is 16.7 Å². The lowest BCUT2D eigenvalue weighted by atomic mass is 9.92. The maximum absolute atomic E-state index is 13.9. The lowest BCUT2D eigenvalue weighted by Crippen LogP contribution is -2.45. The number of anilines is 6. The zero-order valence-corrected chi connectivity index (χ0v) is 59.8. The molecule has 1 saturated carbocycles. The van der Waals surface area contributed by atoms with E-state index in [-0.39, 0.29) is 105 Å². The summed E-state index contributed by atoms with van der Waals surface area (Å²) in [6, 6.07) is 32.0. The summed E-state index contributed by atoms with van der Waals surface area (Å²) in [5, 5.41) is 18.3. The number of aromatic nitrogens is 6. The van der Waals surface area contributed by atoms with Gasteiger partial charge in [0.2, 0.25) is 35.6 Å². The molecule has 2 atom stereocenters. The summed E-state index contributed by atoms with van der Waals surface area (Å²) in [6.45, 7) is 12.8. The van der Waals surface area contributed by atoms with E-state index >= 15 is 0 Å². The Morgan fingerprint density at radius 1 is 0.567 bits per heavy atom. The summed E-state index contributed by atoms with van der Waals surface area (Å²) in [6.07, 6.45) is -7.52. The molecule has 4 amide bonds. The number of hydrogen-bond donors (Lipinski definition) is 6. The maximum atomic E-state index is 13.9. The number of carbonyl (C=O) groups is 5. The van der Waals surface area contributed by atoms with Crippen LogP contribution in [0.5, 0.6) is 23.5 Å². The number of halogens is 8. The number of nitrogens with one attached hydrogen (secondary N) is 6. The van der Waals surface area contributed by atoms with Gasteiger partial charge < -0.3 is 65.4 Å². The normalized spacial score (nSPS) is 17.5. The van der Waals surface area contributed by atoms with E-state index in [1.54, 1.807) is 111 Å². The summed E-state index contributed by atoms with van der Waals surface area (Å²) in [5.41, 5.74) is 2.52. The van der Waals surface area contributed by atoms with Crippen LogP contribution in [0.4, 0.5) is 61.5 Å². The number of carbonyl (C=O) groups excluding carboxylic acids is 5. The van der Waals surface area contributed by atoms with Crippen molar-refractivity contribution in [3.05, 3.63) is 153 Å². The van der Waals surface area contributed by atoms with Gasteiger partial charge in [0, 0.05) is 87.2 Å². The number of ether oxygens (including phenoxy) is 5. The monoisotopic (exact) mass is 1490 g/mol. The number of benzene rings is 5. The minimum atomic E-state index is -4.61. The highest BCUT2D eigenvalue weighted by Crippen LogP contribution is 2.49. The molecule has 0 unspecified atom stereocenters. The minimum Gasteiger partial charge on any atom is -0.492 e. The van der Waals surface area contributed by atoms with Crippen molar-refractivity contribution in [3.8, 4) is 23.5 Å². The lowest BCUT2D eigenvalue weighted by molar-refractivity contribution is -0.156. The van der Waals surface area contributed by atoms with Crippen molar-refractivity contribution in [2.45, 2.75) is 118 Å². The maximum Gasteiger partial charge on any atom is 0.422 e. The van der Waals surface area contributed by atoms with Crippen LogP contribution >= 0.6 is 23.2 Å². The van der Waals surface area contributed by atoms with Gasteiger partial charge in [0.25, 0.3) is 11.8 Å². The Morgan fingerprint density at radius 3 is 1.45 bits per heavy atom. The van der Waals surface area contributed by atoms with Crippen molar-refractivity contribution in [2.75, 3.05) is 87.0 Å². The van der Waals surface area contributed by atoms with Crippen molar-refractivity contribution in [1.82, 2.24) is 50.3 Å². The molecule has 104 heavy (non-hydrogen) atoms. The Balaban J connectivity index is 0.000000241. The quantitative estimate of drug-likeness (QED) is 0.0578. The van der Waals surface area contributed by atoms with Crippen LogP contribution in [0.1, 0.15) is 124 Å². The Bertz CT molecular complexity index is 4120. The van der Waals surface area contributed by atoms with Crippen molar-refractivity contribution in [3.63, 3.8) is 0 Å². The molecule has 9 aliphatic rings. The Labute approximate surface area is 607 Å². The van der Waals surface area contributed by atoms with Crippen molar-refractivity contribution >= 4 is 88.0 Å². The predicted octanol–water partition coefficient (Wildman–Crippen LogP) is 13.3. The van der Waals surface area contributed by atoms with Gasteiger partial charge in [-0.15, -0.1) is 0 Å². The van der Waals surface area contributed by atoms with E-state index in [0.717, 1.165) is 17.5 Å². The van der Waals surface area contributed by atoms with Crippen molar-refractivity contribution in [1.29, 1.82) is 0 Å². The van der Waals surface area contributed by atoms with E-state index in [0.29, 0.717) is 95.2 Å². The molecular formula is C72H82Cl2F6N14O10. The number of amides is 4. The second kappa shape index (κ2) is 34.5. The number of alkyl halides is 6. The smallest absolute Gasteiger partial charge is 0.422 e. The first-order valence-corrected chi connectivity index (χ1v) is 34.3. The van der Waals surface area contributed by atoms with Gasteiger partial charge in [0.1, 0.15) is 17.1 Å². The zero-order valence-electron chi connectivity index (χ0n) is 58.3. The summed E-state index contributed by atoms with van der Waals surface area (Å²) in [7, 11) is 0. The topological polar surface area (TPSA) is 287 Å². The Morgan fingerprint density at radius 2 is 1.01 bits per heavy atom. The number of rotatable bonds is 9. The molecule has 8 aliphatic heterocycles. The van der Waals surface area contributed by atoms with Crippen molar-refractivity contribution < 1.29 is 74.0 Å². The van der Waals surface area contributed by atoms with Crippen LogP contribution in [0.25, 0.3) is 0 Å². The molecule has 1 fully saturated rings. The molecule has 6 N–H and O–H groups in total. The first-order chi connectivity index (χ1) is 49.2. The van der Waals surface area contributed by atoms with Gasteiger partial charge in [0.15, 0.2) is 13.2 Å². The SMILES string of the molecule is CC1(C)CNC(=O)c2ccc(cc2)Nc2nc(nc(OCC(F)(F)F)n2)NCc2ccc(c(Cl)c2)OCCCN(C(=O)CCC(=O)OC(C)(C)C)C1.CC1(C)CNC(=O)c2ccc(cc2)Nc2nc(nc(OCC(F)(F)F)n2)NCc2ccc(c(Cl)c2)OCCCN(C(=O)[C@@H]2C[C@H]2c2ccccc2)C1. The minimum absolute atomic E-state index is 0.0357. The van der Waals surface area contributed by atoms with Crippen LogP contribution in [0.3, 0.4) is 0 Å². The third kappa shape index (κ3) is 25.2. The molecule has 0 radical (unpaired) electrons. The second-order valence-corrected chi connectivity index (χ2v) is 28.4. The average molecular weight is 1490 g/mol. The van der Waals surface area contributed by atoms with Gasteiger partial charge in [-0.25, -0.2) is 0 Å². The number of hydrogen-bond acceptors (Lipinski definition) is 20. The standard InChI is InChI=1S/C37H39ClF3N7O4.C35H43ClF3N7O6/c1-36(2)20-43-31(49)25-10-12-26(13-11-25)44-34-45-33(46-35(47-34)52-22-37(39,40)41)42-19-23-9-14-30(29(38)17-23)51-16-6-15-48(21-36)32(50)28-18-27(28)24-7-4-3-5-8-24;1-33(2,3)52-28(48)14-13-27(47)46-15-6-16-50-26-12-7-22(17-25(26)36)18-40-30-43-31(45-32(44-30)51-21-35(37,38)39)42-24-10-8-23(9-11-24)29(49)41-19-34(4,5)20-46/h3-5,7-14,17,27-28H,6,15-16,18-22H2,1-2H3,(H,43,49)(H2,42,44,45,46,47);7-12,17H,6,13-16,18-21H2,1-5H3,(H,41,49)(H2,40,42,43,44,45)/t27-,28+;/m0./s1. The number of esters is 1. The van der Waals surface area contributed by atoms with Gasteiger partial charge in [0.05, 0.1) is 29.7 Å². The molecule has 1 aliphatic carbocycles. The Hall–Kier alpha value is -9.97. The van der Waals surface area contributed by atoms with Crippen LogP contribution in [0.2, 0.25) is 10.0 Å². The van der Waals surface area contributed by atoms with Gasteiger partial charge >= 0.3 is 30.3 Å². The summed E-state index contributed by atoms with van der Waals surface area (Å²) >= 11 is 13.1. The molecular weight excluding hydrogens is 1410 g/mol. The molecule has 0 spiro atoms. The summed E-state index contributed by atoms with van der Waals surface area (Å²) in [4.78, 5) is 93.9. The van der Waals surface area contributed by atoms with Crippen LogP contribution in [0, 0.1) is 16.7 Å². The summed E-state index contributed by atoms with van der Waals surface area (Å²) in [5.74, 6) is -0.581. The number of nitrogens with zero attached hydrogens (tertiary/aromatic N) is 8. The first-order valence-electron chi connectivity index (χ1n) is 33.5. The molecule has 32 heteroatoms. The highest BCUT2D eigenvalue weighted by atomic mass is 35.5. The highest BCUT2D eigenvalue weighted by Gasteiger charge is 2.46.